The summed E-state index contributed by atoms with van der Waals surface area (Å²) in [6.07, 6.45) is 1.73. The Morgan fingerprint density at radius 3 is 2.72 bits per heavy atom. The normalized spacial score (nSPS) is 14.8. The van der Waals surface area contributed by atoms with Crippen molar-refractivity contribution in [2.24, 2.45) is 0 Å². The zero-order valence-corrected chi connectivity index (χ0v) is 14.3. The number of nitrogens with two attached hydrogens (primary N) is 1. The van der Waals surface area contributed by atoms with Gasteiger partial charge in [0.15, 0.2) is 16.6 Å². The molecule has 2 aromatic carbocycles. The Hall–Kier alpha value is -3.12. The van der Waals surface area contributed by atoms with Crippen LogP contribution in [0.15, 0.2) is 53.6 Å². The van der Waals surface area contributed by atoms with Crippen molar-refractivity contribution in [3.63, 3.8) is 0 Å². The van der Waals surface area contributed by atoms with Gasteiger partial charge in [0.2, 0.25) is 0 Å². The number of nitrogen functional groups attached to an aromatic ring is 1. The van der Waals surface area contributed by atoms with Crippen molar-refractivity contribution >= 4 is 34.1 Å². The van der Waals surface area contributed by atoms with Gasteiger partial charge in [0.25, 0.3) is 5.91 Å². The number of carbonyl (C=O) groups is 1. The Kier molecular flexibility index (Phi) is 3.74. The van der Waals surface area contributed by atoms with Crippen molar-refractivity contribution in [2.45, 2.75) is 6.92 Å². The summed E-state index contributed by atoms with van der Waals surface area (Å²) in [7, 11) is 0. The molecule has 0 unspecified atom stereocenters. The highest BCUT2D eigenvalue weighted by molar-refractivity contribution is 7.13. The van der Waals surface area contributed by atoms with Gasteiger partial charge in [0.1, 0.15) is 0 Å². The van der Waals surface area contributed by atoms with E-state index in [1.807, 2.05) is 54.8 Å². The number of ether oxygens (including phenoxy) is 1. The molecule has 0 fully saturated rings. The molecule has 1 aromatic heterocycles. The van der Waals surface area contributed by atoms with Crippen LogP contribution < -0.4 is 15.8 Å². The molecule has 3 aromatic rings. The van der Waals surface area contributed by atoms with Crippen LogP contribution in [0.4, 0.5) is 10.8 Å². The topological polar surface area (TPSA) is 77.2 Å². The third-order valence-electron chi connectivity index (χ3n) is 3.86. The Morgan fingerprint density at radius 1 is 1.20 bits per heavy atom. The van der Waals surface area contributed by atoms with Crippen LogP contribution in [0.5, 0.6) is 5.75 Å². The summed E-state index contributed by atoms with van der Waals surface area (Å²) in [6.45, 7) is 2.02. The number of thiazole rings is 1. The number of aromatic nitrogens is 1. The van der Waals surface area contributed by atoms with Crippen LogP contribution in [-0.2, 0) is 4.79 Å². The zero-order valence-electron chi connectivity index (χ0n) is 13.4. The first-order valence-corrected chi connectivity index (χ1v) is 8.59. The number of anilines is 2. The first-order valence-electron chi connectivity index (χ1n) is 7.71. The fourth-order valence-corrected chi connectivity index (χ4v) is 3.13. The van der Waals surface area contributed by atoms with Crippen molar-refractivity contribution in [2.75, 3.05) is 11.1 Å². The number of hydrogen-bond acceptors (Lipinski definition) is 5. The second-order valence-corrected chi connectivity index (χ2v) is 6.65. The number of nitrogens with one attached hydrogen (secondary N) is 1. The zero-order chi connectivity index (χ0) is 17.4. The lowest BCUT2D eigenvalue weighted by atomic mass is 10.1. The fourth-order valence-electron chi connectivity index (χ4n) is 2.55. The van der Waals surface area contributed by atoms with Gasteiger partial charge in [0.05, 0.1) is 11.4 Å². The molecule has 25 heavy (non-hydrogen) atoms. The summed E-state index contributed by atoms with van der Waals surface area (Å²) in [5.74, 6) is 0.593. The van der Waals surface area contributed by atoms with Gasteiger partial charge in [-0.15, -0.1) is 11.3 Å². The van der Waals surface area contributed by atoms with Crippen molar-refractivity contribution in [1.29, 1.82) is 0 Å². The van der Waals surface area contributed by atoms with E-state index >= 15 is 0 Å². The van der Waals surface area contributed by atoms with Crippen molar-refractivity contribution in [3.8, 4) is 17.0 Å². The Labute approximate surface area is 148 Å². The standard InChI is InChI=1S/C19H15N3O2S/c1-11-2-4-12(5-3-11)8-17-18(23)21-14-9-13(6-7-16(14)24-17)15-10-25-19(20)22-15/h2-10H,1H3,(H2,20,22)(H,21,23)/b17-8+. The molecule has 1 aliphatic heterocycles. The van der Waals surface area contributed by atoms with Crippen LogP contribution in [-0.4, -0.2) is 10.9 Å². The lowest BCUT2D eigenvalue weighted by Gasteiger charge is -2.20. The number of rotatable bonds is 2. The molecule has 0 atom stereocenters. The third kappa shape index (κ3) is 3.12. The average molecular weight is 349 g/mol. The minimum Gasteiger partial charge on any atom is -0.449 e. The molecule has 0 aliphatic carbocycles. The number of carbonyl (C=O) groups excluding carboxylic acids is 1. The highest BCUT2D eigenvalue weighted by atomic mass is 32.1. The van der Waals surface area contributed by atoms with Crippen LogP contribution in [0.2, 0.25) is 0 Å². The molecule has 1 amide bonds. The first kappa shape index (κ1) is 15.4. The summed E-state index contributed by atoms with van der Waals surface area (Å²) in [4.78, 5) is 16.6. The molecule has 0 radical (unpaired) electrons. The number of benzene rings is 2. The van der Waals surface area contributed by atoms with Crippen LogP contribution >= 0.6 is 11.3 Å². The van der Waals surface area contributed by atoms with E-state index in [-0.39, 0.29) is 11.7 Å². The van der Waals surface area contributed by atoms with Gasteiger partial charge >= 0.3 is 0 Å². The van der Waals surface area contributed by atoms with Crippen molar-refractivity contribution in [1.82, 2.24) is 4.98 Å². The Bertz CT molecular complexity index is 990. The van der Waals surface area contributed by atoms with E-state index in [1.165, 1.54) is 11.3 Å². The molecule has 3 N–H and O–H groups in total. The molecular formula is C19H15N3O2S. The van der Waals surface area contributed by atoms with Crippen molar-refractivity contribution in [3.05, 3.63) is 64.7 Å². The van der Waals surface area contributed by atoms with E-state index in [4.69, 9.17) is 10.5 Å². The molecule has 0 saturated carbocycles. The summed E-state index contributed by atoms with van der Waals surface area (Å²) >= 11 is 1.38. The predicted molar refractivity (Wildman–Crippen MR) is 100 cm³/mol. The second kappa shape index (κ2) is 6.07. The summed E-state index contributed by atoms with van der Waals surface area (Å²) in [6, 6.07) is 13.4. The monoisotopic (exact) mass is 349 g/mol. The van der Waals surface area contributed by atoms with E-state index in [0.29, 0.717) is 16.6 Å². The minimum absolute atomic E-state index is 0.266. The third-order valence-corrected chi connectivity index (χ3v) is 4.54. The molecule has 0 spiro atoms. The van der Waals surface area contributed by atoms with Crippen LogP contribution in [0.3, 0.4) is 0 Å². The number of nitrogens with zero attached hydrogens (tertiary/aromatic N) is 1. The lowest BCUT2D eigenvalue weighted by Crippen LogP contribution is -2.23. The quantitative estimate of drug-likeness (QED) is 0.684. The molecule has 124 valence electrons. The van der Waals surface area contributed by atoms with Gasteiger partial charge in [0, 0.05) is 10.9 Å². The second-order valence-electron chi connectivity index (χ2n) is 5.76. The molecular weight excluding hydrogens is 334 g/mol. The van der Waals surface area contributed by atoms with Crippen LogP contribution in [0, 0.1) is 6.92 Å². The number of fused-ring (bicyclic) bond motifs is 1. The van der Waals surface area contributed by atoms with E-state index < -0.39 is 0 Å². The molecule has 5 nitrogen and oxygen atoms in total. The maximum atomic E-state index is 12.3. The van der Waals surface area contributed by atoms with E-state index in [0.717, 1.165) is 22.4 Å². The number of amides is 1. The van der Waals surface area contributed by atoms with Crippen LogP contribution in [0.25, 0.3) is 17.3 Å². The Balaban J connectivity index is 1.64. The van der Waals surface area contributed by atoms with Gasteiger partial charge in [-0.25, -0.2) is 4.98 Å². The molecule has 0 saturated heterocycles. The molecule has 1 aliphatic rings. The summed E-state index contributed by atoms with van der Waals surface area (Å²) in [5.41, 5.74) is 10.0. The van der Waals surface area contributed by atoms with Gasteiger partial charge in [-0.3, -0.25) is 4.79 Å². The van der Waals surface area contributed by atoms with E-state index in [9.17, 15) is 4.79 Å². The number of aryl methyl sites for hydroxylation is 1. The average Bonchev–Trinajstić information content (AvgIpc) is 3.03. The molecule has 0 bridgehead atoms. The maximum Gasteiger partial charge on any atom is 0.291 e. The fraction of sp³-hybridized carbons (Fsp3) is 0.0526. The van der Waals surface area contributed by atoms with Gasteiger partial charge in [-0.05, 0) is 36.8 Å². The molecule has 6 heteroatoms. The predicted octanol–water partition coefficient (Wildman–Crippen LogP) is 4.07. The van der Waals surface area contributed by atoms with Gasteiger partial charge in [-0.2, -0.15) is 0 Å². The Morgan fingerprint density at radius 2 is 2.00 bits per heavy atom. The van der Waals surface area contributed by atoms with E-state index in [2.05, 4.69) is 10.3 Å². The van der Waals surface area contributed by atoms with E-state index in [1.54, 1.807) is 6.08 Å². The maximum absolute atomic E-state index is 12.3. The lowest BCUT2D eigenvalue weighted by molar-refractivity contribution is -0.115. The summed E-state index contributed by atoms with van der Waals surface area (Å²) in [5, 5.41) is 5.26. The summed E-state index contributed by atoms with van der Waals surface area (Å²) < 4.78 is 5.78. The highest BCUT2D eigenvalue weighted by Crippen LogP contribution is 2.35. The minimum atomic E-state index is -0.275. The molecule has 4 rings (SSSR count). The number of hydrogen-bond donors (Lipinski definition) is 2. The highest BCUT2D eigenvalue weighted by Gasteiger charge is 2.22. The van der Waals surface area contributed by atoms with Gasteiger partial charge in [-0.1, -0.05) is 29.8 Å². The van der Waals surface area contributed by atoms with Gasteiger partial charge < -0.3 is 15.8 Å². The van der Waals surface area contributed by atoms with Crippen LogP contribution in [0.1, 0.15) is 11.1 Å². The SMILES string of the molecule is Cc1ccc(/C=C2/Oc3ccc(-c4csc(N)n4)cc3NC2=O)cc1. The first-order chi connectivity index (χ1) is 12.1. The largest absolute Gasteiger partial charge is 0.449 e. The van der Waals surface area contributed by atoms with Crippen molar-refractivity contribution < 1.29 is 9.53 Å². The molecule has 2 heterocycles. The smallest absolute Gasteiger partial charge is 0.291 e.